The molecule has 1 N–H and O–H groups in total. The van der Waals surface area contributed by atoms with E-state index in [1.807, 2.05) is 18.2 Å². The first-order chi connectivity index (χ1) is 8.75. The number of carbonyl (C=O) groups is 1. The van der Waals surface area contributed by atoms with Crippen molar-refractivity contribution >= 4 is 33.8 Å². The van der Waals surface area contributed by atoms with Gasteiger partial charge < -0.3 is 5.32 Å². The number of aliphatic imine (C=N–C) groups is 1. The molecule has 0 saturated heterocycles. The summed E-state index contributed by atoms with van der Waals surface area (Å²) < 4.78 is 1.04. The van der Waals surface area contributed by atoms with E-state index in [1.165, 1.54) is 22.9 Å². The van der Waals surface area contributed by atoms with E-state index in [1.54, 1.807) is 11.8 Å². The van der Waals surface area contributed by atoms with Gasteiger partial charge in [0.2, 0.25) is 5.91 Å². The quantitative estimate of drug-likeness (QED) is 0.921. The lowest BCUT2D eigenvalue weighted by Crippen LogP contribution is -2.25. The maximum atomic E-state index is 11.7. The molecule has 0 bridgehead atoms. The third-order valence-electron chi connectivity index (χ3n) is 2.62. The summed E-state index contributed by atoms with van der Waals surface area (Å²) in [5, 5.41) is 2.94. The van der Waals surface area contributed by atoms with Crippen LogP contribution in [0.25, 0.3) is 0 Å². The van der Waals surface area contributed by atoms with Crippen LogP contribution in [0.1, 0.15) is 11.1 Å². The first-order valence-corrected chi connectivity index (χ1v) is 7.84. The maximum absolute atomic E-state index is 11.7. The van der Waals surface area contributed by atoms with Gasteiger partial charge in [-0.1, -0.05) is 47.8 Å². The standard InChI is InChI=1S/C13H16N2OS2/c1-10-4-2-3-5-11(10)8-15-12(16)9-18-13-14-6-7-17-13/h2-5H,6-9H2,1H3,(H,15,16). The average Bonchev–Trinajstić information content (AvgIpc) is 2.88. The van der Waals surface area contributed by atoms with E-state index in [0.29, 0.717) is 12.3 Å². The van der Waals surface area contributed by atoms with E-state index in [0.717, 1.165) is 16.7 Å². The Morgan fingerprint density at radius 1 is 1.50 bits per heavy atom. The highest BCUT2D eigenvalue weighted by atomic mass is 32.2. The molecule has 3 nitrogen and oxygen atoms in total. The molecule has 0 aromatic heterocycles. The van der Waals surface area contributed by atoms with E-state index < -0.39 is 0 Å². The van der Waals surface area contributed by atoms with E-state index in [-0.39, 0.29) is 5.91 Å². The molecule has 0 unspecified atom stereocenters. The van der Waals surface area contributed by atoms with Crippen molar-refractivity contribution in [3.8, 4) is 0 Å². The molecule has 0 saturated carbocycles. The Kier molecular flexibility index (Phi) is 5.13. The van der Waals surface area contributed by atoms with Crippen LogP contribution in [-0.2, 0) is 11.3 Å². The summed E-state index contributed by atoms with van der Waals surface area (Å²) >= 11 is 3.27. The molecule has 0 spiro atoms. The summed E-state index contributed by atoms with van der Waals surface area (Å²) in [6, 6.07) is 8.10. The predicted molar refractivity (Wildman–Crippen MR) is 80.2 cm³/mol. The lowest BCUT2D eigenvalue weighted by molar-refractivity contribution is -0.118. The number of hydrogen-bond donors (Lipinski definition) is 1. The fourth-order valence-corrected chi connectivity index (χ4v) is 3.42. The summed E-state index contributed by atoms with van der Waals surface area (Å²) in [5.74, 6) is 1.57. The summed E-state index contributed by atoms with van der Waals surface area (Å²) in [6.45, 7) is 3.55. The zero-order chi connectivity index (χ0) is 12.8. The molecular formula is C13H16N2OS2. The second kappa shape index (κ2) is 6.85. The molecule has 0 radical (unpaired) electrons. The van der Waals surface area contributed by atoms with Crippen LogP contribution in [0, 0.1) is 6.92 Å². The van der Waals surface area contributed by atoms with Crippen molar-refractivity contribution in [3.05, 3.63) is 35.4 Å². The van der Waals surface area contributed by atoms with Crippen molar-refractivity contribution in [1.82, 2.24) is 5.32 Å². The monoisotopic (exact) mass is 280 g/mol. The van der Waals surface area contributed by atoms with Crippen LogP contribution in [0.3, 0.4) is 0 Å². The molecule has 0 aliphatic carbocycles. The van der Waals surface area contributed by atoms with Gasteiger partial charge in [-0.25, -0.2) is 0 Å². The van der Waals surface area contributed by atoms with Gasteiger partial charge in [-0.15, -0.1) is 0 Å². The summed E-state index contributed by atoms with van der Waals surface area (Å²) in [6.07, 6.45) is 0. The Morgan fingerprint density at radius 3 is 3.06 bits per heavy atom. The molecule has 96 valence electrons. The van der Waals surface area contributed by atoms with Crippen LogP contribution in [0.5, 0.6) is 0 Å². The molecule has 0 fully saturated rings. The molecule has 1 aliphatic heterocycles. The second-order valence-electron chi connectivity index (χ2n) is 3.99. The molecule has 1 aliphatic rings. The Morgan fingerprint density at radius 2 is 2.33 bits per heavy atom. The molecule has 18 heavy (non-hydrogen) atoms. The van der Waals surface area contributed by atoms with Crippen LogP contribution in [-0.4, -0.2) is 28.3 Å². The number of hydrogen-bond acceptors (Lipinski definition) is 4. The van der Waals surface area contributed by atoms with E-state index in [9.17, 15) is 4.79 Å². The van der Waals surface area contributed by atoms with E-state index in [2.05, 4.69) is 23.3 Å². The van der Waals surface area contributed by atoms with Gasteiger partial charge in [0.15, 0.2) is 0 Å². The normalized spacial score (nSPS) is 14.4. The minimum atomic E-state index is 0.0680. The minimum absolute atomic E-state index is 0.0680. The second-order valence-corrected chi connectivity index (χ2v) is 6.29. The van der Waals surface area contributed by atoms with Gasteiger partial charge in [0, 0.05) is 12.3 Å². The number of nitrogens with zero attached hydrogens (tertiary/aromatic N) is 1. The lowest BCUT2D eigenvalue weighted by Gasteiger charge is -2.07. The molecule has 5 heteroatoms. The van der Waals surface area contributed by atoms with Crippen molar-refractivity contribution in [3.63, 3.8) is 0 Å². The van der Waals surface area contributed by atoms with Gasteiger partial charge in [0.05, 0.1) is 12.3 Å². The number of thioether (sulfide) groups is 2. The third-order valence-corrected chi connectivity index (χ3v) is 4.87. The number of aryl methyl sites for hydroxylation is 1. The van der Waals surface area contributed by atoms with Gasteiger partial charge in [0.1, 0.15) is 4.38 Å². The molecule has 2 rings (SSSR count). The smallest absolute Gasteiger partial charge is 0.230 e. The predicted octanol–water partition coefficient (Wildman–Crippen LogP) is 2.45. The Labute approximate surface area is 116 Å². The number of nitrogens with one attached hydrogen (secondary N) is 1. The first-order valence-electron chi connectivity index (χ1n) is 5.87. The Bertz CT molecular complexity index is 460. The largest absolute Gasteiger partial charge is 0.351 e. The lowest BCUT2D eigenvalue weighted by atomic mass is 10.1. The highest BCUT2D eigenvalue weighted by molar-refractivity contribution is 8.39. The van der Waals surface area contributed by atoms with E-state index in [4.69, 9.17) is 0 Å². The number of carbonyl (C=O) groups excluding carboxylic acids is 1. The first kappa shape index (κ1) is 13.5. The molecular weight excluding hydrogens is 264 g/mol. The number of rotatable bonds is 4. The Hall–Kier alpha value is -0.940. The van der Waals surface area contributed by atoms with Gasteiger partial charge >= 0.3 is 0 Å². The van der Waals surface area contributed by atoms with Crippen LogP contribution in [0.15, 0.2) is 29.3 Å². The van der Waals surface area contributed by atoms with Crippen LogP contribution in [0.4, 0.5) is 0 Å². The van der Waals surface area contributed by atoms with Crippen molar-refractivity contribution in [1.29, 1.82) is 0 Å². The molecule has 1 heterocycles. The van der Waals surface area contributed by atoms with Crippen molar-refractivity contribution < 1.29 is 4.79 Å². The maximum Gasteiger partial charge on any atom is 0.230 e. The summed E-state index contributed by atoms with van der Waals surface area (Å²) in [5.41, 5.74) is 2.38. The van der Waals surface area contributed by atoms with Crippen LogP contribution < -0.4 is 5.32 Å². The third kappa shape index (κ3) is 4.07. The topological polar surface area (TPSA) is 41.5 Å². The highest BCUT2D eigenvalue weighted by Crippen LogP contribution is 2.21. The van der Waals surface area contributed by atoms with Crippen molar-refractivity contribution in [2.45, 2.75) is 13.5 Å². The van der Waals surface area contributed by atoms with Crippen LogP contribution >= 0.6 is 23.5 Å². The van der Waals surface area contributed by atoms with Gasteiger partial charge in [-0.3, -0.25) is 9.79 Å². The zero-order valence-electron chi connectivity index (χ0n) is 10.3. The van der Waals surface area contributed by atoms with Crippen molar-refractivity contribution in [2.24, 2.45) is 4.99 Å². The molecule has 1 aromatic rings. The van der Waals surface area contributed by atoms with Crippen molar-refractivity contribution in [2.75, 3.05) is 18.1 Å². The highest BCUT2D eigenvalue weighted by Gasteiger charge is 2.10. The average molecular weight is 280 g/mol. The van der Waals surface area contributed by atoms with Gasteiger partial charge in [-0.2, -0.15) is 0 Å². The molecule has 1 amide bonds. The summed E-state index contributed by atoms with van der Waals surface area (Å²) in [4.78, 5) is 16.0. The van der Waals surface area contributed by atoms with Crippen LogP contribution in [0.2, 0.25) is 0 Å². The molecule has 0 atom stereocenters. The zero-order valence-corrected chi connectivity index (χ0v) is 11.9. The fourth-order valence-electron chi connectivity index (χ4n) is 1.58. The van der Waals surface area contributed by atoms with Gasteiger partial charge in [0.25, 0.3) is 0 Å². The molecule has 1 aromatic carbocycles. The number of benzene rings is 1. The minimum Gasteiger partial charge on any atom is -0.351 e. The summed E-state index contributed by atoms with van der Waals surface area (Å²) in [7, 11) is 0. The van der Waals surface area contributed by atoms with E-state index >= 15 is 0 Å². The fraction of sp³-hybridized carbons (Fsp3) is 0.385. The Balaban J connectivity index is 1.73. The van der Waals surface area contributed by atoms with Gasteiger partial charge in [-0.05, 0) is 18.1 Å². The SMILES string of the molecule is Cc1ccccc1CNC(=O)CSC1=NCCS1. The number of amides is 1.